The minimum Gasteiger partial charge on any atom is -0.451 e. The minimum absolute atomic E-state index is 0.131. The zero-order valence-electron chi connectivity index (χ0n) is 14.5. The molecule has 0 fully saturated rings. The van der Waals surface area contributed by atoms with Gasteiger partial charge in [-0.3, -0.25) is 0 Å². The summed E-state index contributed by atoms with van der Waals surface area (Å²) in [6, 6.07) is 4.21. The van der Waals surface area contributed by atoms with Crippen molar-refractivity contribution in [1.82, 2.24) is 15.0 Å². The zero-order chi connectivity index (χ0) is 17.4. The predicted octanol–water partition coefficient (Wildman–Crippen LogP) is 3.91. The van der Waals surface area contributed by atoms with Gasteiger partial charge in [0.2, 0.25) is 5.95 Å². The van der Waals surface area contributed by atoms with Crippen LogP contribution >= 0.6 is 0 Å². The molecule has 5 N–H and O–H groups in total. The van der Waals surface area contributed by atoms with Crippen LogP contribution in [0.1, 0.15) is 43.5 Å². The third-order valence-corrected chi connectivity index (χ3v) is 4.29. The Balaban J connectivity index is 2.13. The Hall–Kier alpha value is -2.76. The molecule has 1 aromatic carbocycles. The molecule has 6 heteroatoms. The van der Waals surface area contributed by atoms with Crippen LogP contribution in [0.4, 0.5) is 11.8 Å². The topological polar surface area (TPSA) is 103 Å². The number of rotatable bonds is 4. The number of benzene rings is 1. The lowest BCUT2D eigenvalue weighted by molar-refractivity contribution is 0.472. The molecule has 0 bridgehead atoms. The van der Waals surface area contributed by atoms with E-state index in [0.717, 1.165) is 23.3 Å². The molecule has 126 valence electrons. The van der Waals surface area contributed by atoms with Crippen LogP contribution in [0.5, 0.6) is 11.5 Å². The summed E-state index contributed by atoms with van der Waals surface area (Å²) in [6.45, 7) is 8.57. The molecule has 0 atom stereocenters. The van der Waals surface area contributed by atoms with Crippen LogP contribution in [0.3, 0.4) is 0 Å². The number of aromatic amines is 1. The van der Waals surface area contributed by atoms with Crippen molar-refractivity contribution >= 4 is 22.7 Å². The molecule has 3 aromatic rings. The maximum absolute atomic E-state index is 6.02. The summed E-state index contributed by atoms with van der Waals surface area (Å²) in [5.74, 6) is 1.83. The summed E-state index contributed by atoms with van der Waals surface area (Å²) in [4.78, 5) is 11.4. The van der Waals surface area contributed by atoms with Gasteiger partial charge in [-0.1, -0.05) is 20.8 Å². The fourth-order valence-electron chi connectivity index (χ4n) is 2.92. The van der Waals surface area contributed by atoms with Crippen molar-refractivity contribution < 1.29 is 4.74 Å². The monoisotopic (exact) mass is 325 g/mol. The van der Waals surface area contributed by atoms with Crippen molar-refractivity contribution in [2.75, 3.05) is 11.5 Å². The number of anilines is 2. The van der Waals surface area contributed by atoms with E-state index in [1.54, 1.807) is 0 Å². The summed E-state index contributed by atoms with van der Waals surface area (Å²) >= 11 is 0. The smallest absolute Gasteiger partial charge is 0.222 e. The highest BCUT2D eigenvalue weighted by atomic mass is 16.5. The lowest BCUT2D eigenvalue weighted by Crippen LogP contribution is -2.02. The van der Waals surface area contributed by atoms with Crippen molar-refractivity contribution in [3.8, 4) is 11.5 Å². The van der Waals surface area contributed by atoms with Crippen LogP contribution in [0.2, 0.25) is 0 Å². The first-order valence-corrected chi connectivity index (χ1v) is 8.11. The largest absolute Gasteiger partial charge is 0.451 e. The summed E-state index contributed by atoms with van der Waals surface area (Å²) in [6.07, 6.45) is 2.47. The van der Waals surface area contributed by atoms with Crippen LogP contribution in [0.15, 0.2) is 18.3 Å². The zero-order valence-corrected chi connectivity index (χ0v) is 14.5. The number of aryl methyl sites for hydroxylation is 2. The Morgan fingerprint density at radius 1 is 1.21 bits per heavy atom. The van der Waals surface area contributed by atoms with Crippen LogP contribution in [-0.2, 0) is 6.42 Å². The van der Waals surface area contributed by atoms with E-state index >= 15 is 0 Å². The molecule has 0 aliphatic heterocycles. The Morgan fingerprint density at radius 2 is 1.96 bits per heavy atom. The highest BCUT2D eigenvalue weighted by molar-refractivity contribution is 5.87. The highest BCUT2D eigenvalue weighted by Gasteiger charge is 2.16. The number of aromatic nitrogens is 3. The Morgan fingerprint density at radius 3 is 2.58 bits per heavy atom. The number of nitrogens with two attached hydrogens (primary N) is 2. The number of H-pyrrole nitrogens is 1. The third kappa shape index (κ3) is 2.75. The van der Waals surface area contributed by atoms with Gasteiger partial charge >= 0.3 is 0 Å². The van der Waals surface area contributed by atoms with Gasteiger partial charge in [-0.15, -0.1) is 0 Å². The summed E-state index contributed by atoms with van der Waals surface area (Å²) in [5, 5.41) is 1.23. The van der Waals surface area contributed by atoms with Crippen LogP contribution in [0, 0.1) is 6.92 Å². The van der Waals surface area contributed by atoms with Crippen molar-refractivity contribution in [3.05, 3.63) is 35.2 Å². The van der Waals surface area contributed by atoms with E-state index in [1.807, 2.05) is 6.07 Å². The lowest BCUT2D eigenvalue weighted by Gasteiger charge is -2.15. The van der Waals surface area contributed by atoms with Gasteiger partial charge in [0.25, 0.3) is 0 Å². The van der Waals surface area contributed by atoms with E-state index in [0.29, 0.717) is 11.7 Å². The van der Waals surface area contributed by atoms with Gasteiger partial charge in [0, 0.05) is 22.7 Å². The second-order valence-corrected chi connectivity index (χ2v) is 6.25. The number of nitrogens with one attached hydrogen (secondary N) is 1. The summed E-state index contributed by atoms with van der Waals surface area (Å²) < 4.78 is 6.02. The van der Waals surface area contributed by atoms with Crippen LogP contribution in [-0.4, -0.2) is 15.0 Å². The third-order valence-electron chi connectivity index (χ3n) is 4.29. The standard InChI is InChI=1S/C18H23N5O/c1-5-13-10(4)12-6-11(9(2)3)15(7-14(12)22-13)24-16-8-21-18(20)23-17(16)19/h6-9,22H,5H2,1-4H3,(H4,19,20,21,23). The van der Waals surface area contributed by atoms with E-state index in [4.69, 9.17) is 16.2 Å². The van der Waals surface area contributed by atoms with Gasteiger partial charge in [-0.25, -0.2) is 4.98 Å². The molecule has 6 nitrogen and oxygen atoms in total. The Bertz CT molecular complexity index is 898. The second-order valence-electron chi connectivity index (χ2n) is 6.25. The van der Waals surface area contributed by atoms with Gasteiger partial charge in [-0.2, -0.15) is 4.98 Å². The average molecular weight is 325 g/mol. The molecule has 3 rings (SSSR count). The fourth-order valence-corrected chi connectivity index (χ4v) is 2.92. The van der Waals surface area contributed by atoms with Crippen molar-refractivity contribution in [2.24, 2.45) is 0 Å². The molecule has 0 unspecified atom stereocenters. The lowest BCUT2D eigenvalue weighted by atomic mass is 9.99. The number of hydrogen-bond acceptors (Lipinski definition) is 5. The molecule has 24 heavy (non-hydrogen) atoms. The predicted molar refractivity (Wildman–Crippen MR) is 97.4 cm³/mol. The average Bonchev–Trinajstić information content (AvgIpc) is 2.84. The Kier molecular flexibility index (Phi) is 4.05. The molecule has 0 spiro atoms. The normalized spacial score (nSPS) is 11.4. The first-order valence-electron chi connectivity index (χ1n) is 8.11. The molecule has 0 saturated heterocycles. The van der Waals surface area contributed by atoms with E-state index < -0.39 is 0 Å². The summed E-state index contributed by atoms with van der Waals surface area (Å²) in [5.41, 5.74) is 16.1. The first-order chi connectivity index (χ1) is 11.4. The van der Waals surface area contributed by atoms with E-state index in [1.165, 1.54) is 22.8 Å². The van der Waals surface area contributed by atoms with E-state index in [2.05, 4.69) is 48.7 Å². The molecule has 2 heterocycles. The first kappa shape index (κ1) is 16.1. The molecule has 0 amide bonds. The molecule has 0 radical (unpaired) electrons. The van der Waals surface area contributed by atoms with Gasteiger partial charge in [0.05, 0.1) is 6.20 Å². The number of nitrogens with zero attached hydrogens (tertiary/aromatic N) is 2. The van der Waals surface area contributed by atoms with Gasteiger partial charge in [-0.05, 0) is 36.5 Å². The van der Waals surface area contributed by atoms with E-state index in [-0.39, 0.29) is 11.8 Å². The van der Waals surface area contributed by atoms with Crippen molar-refractivity contribution in [2.45, 2.75) is 40.0 Å². The number of hydrogen-bond donors (Lipinski definition) is 3. The quantitative estimate of drug-likeness (QED) is 0.675. The molecule has 2 aromatic heterocycles. The minimum atomic E-state index is 0.131. The maximum atomic E-state index is 6.02. The molecule has 0 saturated carbocycles. The van der Waals surface area contributed by atoms with Crippen LogP contribution < -0.4 is 16.2 Å². The van der Waals surface area contributed by atoms with Crippen LogP contribution in [0.25, 0.3) is 10.9 Å². The van der Waals surface area contributed by atoms with Crippen molar-refractivity contribution in [1.29, 1.82) is 0 Å². The Labute approximate surface area is 141 Å². The van der Waals surface area contributed by atoms with Gasteiger partial charge < -0.3 is 21.2 Å². The second kappa shape index (κ2) is 6.03. The maximum Gasteiger partial charge on any atom is 0.222 e. The molecule has 0 aliphatic carbocycles. The molecule has 0 aliphatic rings. The fraction of sp³-hybridized carbons (Fsp3) is 0.333. The van der Waals surface area contributed by atoms with E-state index in [9.17, 15) is 0 Å². The number of fused-ring (bicyclic) bond motifs is 1. The number of nitrogen functional groups attached to an aromatic ring is 2. The van der Waals surface area contributed by atoms with Crippen molar-refractivity contribution in [3.63, 3.8) is 0 Å². The highest BCUT2D eigenvalue weighted by Crippen LogP contribution is 2.37. The SMILES string of the molecule is CCc1[nH]c2cc(Oc3cnc(N)nc3N)c(C(C)C)cc2c1C. The summed E-state index contributed by atoms with van der Waals surface area (Å²) in [7, 11) is 0. The number of ether oxygens (including phenoxy) is 1. The molecular weight excluding hydrogens is 302 g/mol. The van der Waals surface area contributed by atoms with Gasteiger partial charge in [0.15, 0.2) is 11.6 Å². The van der Waals surface area contributed by atoms with Gasteiger partial charge in [0.1, 0.15) is 5.75 Å². The molecular formula is C18H23N5O.